The first-order valence-electron chi connectivity index (χ1n) is 13.9. The minimum absolute atomic E-state index is 0.0946. The number of nitrogens with two attached hydrogens (primary N) is 2. The van der Waals surface area contributed by atoms with E-state index < -0.39 is 6.04 Å². The summed E-state index contributed by atoms with van der Waals surface area (Å²) in [5, 5.41) is 20.0. The van der Waals surface area contributed by atoms with Crippen LogP contribution in [0.25, 0.3) is 22.5 Å². The van der Waals surface area contributed by atoms with E-state index in [1.54, 1.807) is 30.3 Å². The molecule has 0 radical (unpaired) electrons. The highest BCUT2D eigenvalue weighted by molar-refractivity contribution is 5.97. The van der Waals surface area contributed by atoms with Crippen LogP contribution in [0.3, 0.4) is 0 Å². The standard InChI is InChI=1S/C30H35N9O2/c1-18-25(13-14-27(32)33-18)23-4-2-3-20(15-23)16-26(35-29(40)22-7-5-19(17-31)6-8-22)30(41)34-24-11-9-21(10-12-24)28-36-38-39-37-28/h2-4,9-15,19,22,26H,5-8,16-17,31H2,1H3,(H2,32,33)(H,34,41)(H,35,40)(H,36,37,38,39). The second-order valence-electron chi connectivity index (χ2n) is 10.6. The molecule has 5 rings (SSSR count). The largest absolute Gasteiger partial charge is 0.384 e. The molecule has 1 fully saturated rings. The predicted octanol–water partition coefficient (Wildman–Crippen LogP) is 3.25. The molecule has 2 amide bonds. The number of carbonyl (C=O) groups excluding carboxylic acids is 2. The van der Waals surface area contributed by atoms with Crippen molar-refractivity contribution in [1.82, 2.24) is 30.9 Å². The van der Waals surface area contributed by atoms with Crippen LogP contribution < -0.4 is 22.1 Å². The summed E-state index contributed by atoms with van der Waals surface area (Å²) in [6.07, 6.45) is 3.73. The second kappa shape index (κ2) is 12.7. The number of amides is 2. The Bertz CT molecular complexity index is 1480. The zero-order chi connectivity index (χ0) is 28.8. The fourth-order valence-corrected chi connectivity index (χ4v) is 5.36. The Kier molecular flexibility index (Phi) is 8.64. The molecule has 11 nitrogen and oxygen atoms in total. The van der Waals surface area contributed by atoms with E-state index >= 15 is 0 Å². The summed E-state index contributed by atoms with van der Waals surface area (Å²) in [6.45, 7) is 2.56. The van der Waals surface area contributed by atoms with Crippen molar-refractivity contribution in [3.63, 3.8) is 0 Å². The molecule has 0 saturated heterocycles. The maximum atomic E-state index is 13.6. The van der Waals surface area contributed by atoms with E-state index in [-0.39, 0.29) is 17.7 Å². The van der Waals surface area contributed by atoms with E-state index in [1.807, 2.05) is 37.3 Å². The number of aromatic nitrogens is 5. The summed E-state index contributed by atoms with van der Waals surface area (Å²) in [6, 6.07) is 18.0. The molecular weight excluding hydrogens is 518 g/mol. The average molecular weight is 554 g/mol. The maximum Gasteiger partial charge on any atom is 0.247 e. The Morgan fingerprint density at radius 2 is 1.80 bits per heavy atom. The molecule has 41 heavy (non-hydrogen) atoms. The van der Waals surface area contributed by atoms with Gasteiger partial charge in [0.2, 0.25) is 17.6 Å². The lowest BCUT2D eigenvalue weighted by Crippen LogP contribution is -2.48. The first-order chi connectivity index (χ1) is 19.9. The second-order valence-corrected chi connectivity index (χ2v) is 10.6. The van der Waals surface area contributed by atoms with Gasteiger partial charge in [-0.2, -0.15) is 5.21 Å². The van der Waals surface area contributed by atoms with Crippen LogP contribution >= 0.6 is 0 Å². The predicted molar refractivity (Wildman–Crippen MR) is 157 cm³/mol. The van der Waals surface area contributed by atoms with E-state index in [1.165, 1.54) is 0 Å². The van der Waals surface area contributed by atoms with E-state index in [4.69, 9.17) is 11.5 Å². The summed E-state index contributed by atoms with van der Waals surface area (Å²) in [7, 11) is 0. The topological polar surface area (TPSA) is 178 Å². The number of pyridine rings is 1. The lowest BCUT2D eigenvalue weighted by atomic mass is 9.81. The van der Waals surface area contributed by atoms with Gasteiger partial charge in [-0.3, -0.25) is 9.59 Å². The number of carbonyl (C=O) groups is 2. The number of tetrazole rings is 1. The molecular formula is C30H35N9O2. The molecule has 1 unspecified atom stereocenters. The van der Waals surface area contributed by atoms with E-state index in [9.17, 15) is 9.59 Å². The van der Waals surface area contributed by atoms with Gasteiger partial charge in [0.1, 0.15) is 11.9 Å². The number of hydrogen-bond donors (Lipinski definition) is 5. The van der Waals surface area contributed by atoms with Crippen molar-refractivity contribution in [3.8, 4) is 22.5 Å². The monoisotopic (exact) mass is 553 g/mol. The molecule has 1 aliphatic carbocycles. The number of anilines is 2. The molecule has 2 heterocycles. The number of H-pyrrole nitrogens is 1. The van der Waals surface area contributed by atoms with E-state index in [0.29, 0.717) is 36.2 Å². The Morgan fingerprint density at radius 1 is 1.02 bits per heavy atom. The fraction of sp³-hybridized carbons (Fsp3) is 0.333. The van der Waals surface area contributed by atoms with E-state index in [0.717, 1.165) is 53.6 Å². The molecule has 1 saturated carbocycles. The number of rotatable bonds is 9. The summed E-state index contributed by atoms with van der Waals surface area (Å²) in [5.41, 5.74) is 16.7. The minimum atomic E-state index is -0.771. The van der Waals surface area contributed by atoms with Gasteiger partial charge in [0, 0.05) is 34.8 Å². The Labute approximate surface area is 238 Å². The molecule has 4 aromatic rings. The van der Waals surface area contributed by atoms with Crippen molar-refractivity contribution in [2.24, 2.45) is 17.6 Å². The lowest BCUT2D eigenvalue weighted by Gasteiger charge is -2.28. The highest BCUT2D eigenvalue weighted by atomic mass is 16.2. The minimum Gasteiger partial charge on any atom is -0.384 e. The number of aryl methyl sites for hydroxylation is 1. The van der Waals surface area contributed by atoms with Crippen LogP contribution in [-0.2, 0) is 16.0 Å². The number of nitrogen functional groups attached to an aromatic ring is 1. The van der Waals surface area contributed by atoms with Gasteiger partial charge in [0.15, 0.2) is 0 Å². The van der Waals surface area contributed by atoms with Gasteiger partial charge in [-0.05, 0) is 97.8 Å². The number of nitrogens with one attached hydrogen (secondary N) is 3. The third-order valence-electron chi connectivity index (χ3n) is 7.73. The molecule has 0 bridgehead atoms. The first kappa shape index (κ1) is 27.9. The van der Waals surface area contributed by atoms with E-state index in [2.05, 4.69) is 36.2 Å². The number of nitrogens with zero attached hydrogens (tertiary/aromatic N) is 4. The van der Waals surface area contributed by atoms with Crippen LogP contribution in [0.4, 0.5) is 11.5 Å². The highest BCUT2D eigenvalue weighted by Crippen LogP contribution is 2.29. The van der Waals surface area contributed by atoms with Gasteiger partial charge in [0.25, 0.3) is 0 Å². The average Bonchev–Trinajstić information content (AvgIpc) is 3.52. The van der Waals surface area contributed by atoms with Gasteiger partial charge in [-0.15, -0.1) is 10.2 Å². The van der Waals surface area contributed by atoms with Crippen molar-refractivity contribution in [1.29, 1.82) is 0 Å². The van der Waals surface area contributed by atoms with Crippen LogP contribution in [0.5, 0.6) is 0 Å². The number of hydrogen-bond acceptors (Lipinski definition) is 8. The quantitative estimate of drug-likeness (QED) is 0.210. The fourth-order valence-electron chi connectivity index (χ4n) is 5.36. The van der Waals surface area contributed by atoms with Crippen molar-refractivity contribution in [2.75, 3.05) is 17.6 Å². The molecule has 1 aliphatic rings. The maximum absolute atomic E-state index is 13.6. The van der Waals surface area contributed by atoms with Crippen LogP contribution in [0.1, 0.15) is 36.9 Å². The molecule has 2 aromatic carbocycles. The smallest absolute Gasteiger partial charge is 0.247 e. The Balaban J connectivity index is 1.34. The van der Waals surface area contributed by atoms with Gasteiger partial charge >= 0.3 is 0 Å². The summed E-state index contributed by atoms with van der Waals surface area (Å²) >= 11 is 0. The third kappa shape index (κ3) is 6.93. The van der Waals surface area contributed by atoms with Gasteiger partial charge in [0.05, 0.1) is 0 Å². The van der Waals surface area contributed by atoms with Crippen molar-refractivity contribution >= 4 is 23.3 Å². The Morgan fingerprint density at radius 3 is 2.49 bits per heavy atom. The van der Waals surface area contributed by atoms with Gasteiger partial charge in [-0.1, -0.05) is 24.3 Å². The first-order valence-corrected chi connectivity index (χ1v) is 13.9. The zero-order valence-electron chi connectivity index (χ0n) is 23.0. The van der Waals surface area contributed by atoms with Crippen LogP contribution in [0.15, 0.2) is 60.7 Å². The molecule has 11 heteroatoms. The SMILES string of the molecule is Cc1nc(N)ccc1-c1cccc(CC(NC(=O)C2CCC(CN)CC2)C(=O)Nc2ccc(-c3nn[nH]n3)cc2)c1. The van der Waals surface area contributed by atoms with Crippen molar-refractivity contribution < 1.29 is 9.59 Å². The third-order valence-corrected chi connectivity index (χ3v) is 7.73. The molecule has 2 aromatic heterocycles. The molecule has 0 spiro atoms. The van der Waals surface area contributed by atoms with Crippen LogP contribution in [-0.4, -0.2) is 50.0 Å². The van der Waals surface area contributed by atoms with Crippen LogP contribution in [0, 0.1) is 18.8 Å². The normalized spacial score (nSPS) is 17.5. The molecule has 7 N–H and O–H groups in total. The van der Waals surface area contributed by atoms with Crippen LogP contribution in [0.2, 0.25) is 0 Å². The van der Waals surface area contributed by atoms with Gasteiger partial charge < -0.3 is 22.1 Å². The van der Waals surface area contributed by atoms with Crippen molar-refractivity contribution in [3.05, 3.63) is 71.9 Å². The summed E-state index contributed by atoms with van der Waals surface area (Å²) in [4.78, 5) is 31.3. The molecule has 0 aliphatic heterocycles. The molecule has 1 atom stereocenters. The zero-order valence-corrected chi connectivity index (χ0v) is 23.0. The molecule has 212 valence electrons. The Hall–Kier alpha value is -4.64. The summed E-state index contributed by atoms with van der Waals surface area (Å²) < 4.78 is 0. The lowest BCUT2D eigenvalue weighted by molar-refractivity contribution is -0.130. The van der Waals surface area contributed by atoms with Crippen molar-refractivity contribution in [2.45, 2.75) is 45.1 Å². The van der Waals surface area contributed by atoms with Gasteiger partial charge in [-0.25, -0.2) is 4.98 Å². The number of aromatic amines is 1. The highest BCUT2D eigenvalue weighted by Gasteiger charge is 2.29. The summed E-state index contributed by atoms with van der Waals surface area (Å²) in [5.74, 6) is 0.871. The number of benzene rings is 2.